The zero-order valence-corrected chi connectivity index (χ0v) is 10.5. The lowest BCUT2D eigenvalue weighted by Crippen LogP contribution is -2.19. The highest BCUT2D eigenvalue weighted by atomic mass is 32.2. The molecule has 2 nitrogen and oxygen atoms in total. The lowest BCUT2D eigenvalue weighted by Gasteiger charge is -2.13. The average Bonchev–Trinajstić information content (AvgIpc) is 2.25. The number of alkyl halides is 1. The number of hydrogen-bond donors (Lipinski definition) is 0. The van der Waals surface area contributed by atoms with Crippen LogP contribution in [0.25, 0.3) is 0 Å². The minimum atomic E-state index is -1.40. The Hall–Kier alpha value is -1.03. The predicted molar refractivity (Wildman–Crippen MR) is 66.7 cm³/mol. The highest BCUT2D eigenvalue weighted by Gasteiger charge is 2.18. The molecule has 0 radical (unpaired) electrons. The smallest absolute Gasteiger partial charge is 0.161 e. The van der Waals surface area contributed by atoms with Gasteiger partial charge in [0.2, 0.25) is 0 Å². The van der Waals surface area contributed by atoms with E-state index in [4.69, 9.17) is 0 Å². The van der Waals surface area contributed by atoms with Crippen LogP contribution in [0.5, 0.6) is 0 Å². The van der Waals surface area contributed by atoms with Crippen LogP contribution in [0.2, 0.25) is 0 Å². The molecule has 0 fully saturated rings. The van der Waals surface area contributed by atoms with Gasteiger partial charge in [0.05, 0.1) is 11.0 Å². The van der Waals surface area contributed by atoms with E-state index in [0.717, 1.165) is 6.21 Å². The van der Waals surface area contributed by atoms with Gasteiger partial charge in [0.15, 0.2) is 6.17 Å². The van der Waals surface area contributed by atoms with Crippen molar-refractivity contribution in [3.05, 3.63) is 35.9 Å². The molecule has 0 saturated heterocycles. The largest absolute Gasteiger partial charge is 0.236 e. The molecule has 1 unspecified atom stereocenters. The molecule has 0 N–H and O–H groups in total. The number of halogens is 1. The van der Waals surface area contributed by atoms with Gasteiger partial charge >= 0.3 is 0 Å². The van der Waals surface area contributed by atoms with Crippen molar-refractivity contribution >= 4 is 17.2 Å². The molecule has 2 atom stereocenters. The van der Waals surface area contributed by atoms with Gasteiger partial charge in [-0.1, -0.05) is 30.3 Å². The second-order valence-corrected chi connectivity index (χ2v) is 6.36. The van der Waals surface area contributed by atoms with E-state index in [-0.39, 0.29) is 0 Å². The van der Waals surface area contributed by atoms with Gasteiger partial charge in [0.25, 0.3) is 0 Å². The Morgan fingerprint density at radius 1 is 1.31 bits per heavy atom. The van der Waals surface area contributed by atoms with Gasteiger partial charge in [0.1, 0.15) is 11.0 Å². The normalized spacial score (nSPS) is 16.2. The molecule has 0 heterocycles. The van der Waals surface area contributed by atoms with Gasteiger partial charge in [-0.15, -0.1) is 0 Å². The number of rotatable bonds is 3. The summed E-state index contributed by atoms with van der Waals surface area (Å²) in [7, 11) is -1.40. The van der Waals surface area contributed by atoms with Crippen molar-refractivity contribution in [3.63, 3.8) is 0 Å². The van der Waals surface area contributed by atoms with Gasteiger partial charge in [-0.2, -0.15) is 4.40 Å². The van der Waals surface area contributed by atoms with Gasteiger partial charge < -0.3 is 0 Å². The van der Waals surface area contributed by atoms with Crippen molar-refractivity contribution in [1.82, 2.24) is 0 Å². The molecule has 4 heteroatoms. The monoisotopic (exact) mass is 241 g/mol. The highest BCUT2D eigenvalue weighted by Crippen LogP contribution is 2.17. The Morgan fingerprint density at radius 3 is 2.38 bits per heavy atom. The Labute approximate surface area is 98.2 Å². The third-order valence-corrected chi connectivity index (χ3v) is 3.29. The molecule has 0 amide bonds. The standard InChI is InChI=1S/C12H16FNOS/c1-12(2,3)16(15)14-9-11(13)10-7-5-4-6-8-10/h4-9,11H,1-3H3/t11-,16?/m0/s1. The molecule has 0 aliphatic carbocycles. The first kappa shape index (κ1) is 13.0. The van der Waals surface area contributed by atoms with E-state index in [0.29, 0.717) is 5.56 Å². The Morgan fingerprint density at radius 2 is 1.88 bits per heavy atom. The molecule has 0 aliphatic rings. The predicted octanol–water partition coefficient (Wildman–Crippen LogP) is 3.23. The molecule has 1 rings (SSSR count). The van der Waals surface area contributed by atoms with E-state index in [1.807, 2.05) is 6.07 Å². The molecule has 88 valence electrons. The number of benzene rings is 1. The van der Waals surface area contributed by atoms with E-state index >= 15 is 0 Å². The summed E-state index contributed by atoms with van der Waals surface area (Å²) in [4.78, 5) is 0. The summed E-state index contributed by atoms with van der Waals surface area (Å²) in [5.41, 5.74) is 0.525. The molecule has 0 aliphatic heterocycles. The second-order valence-electron chi connectivity index (χ2n) is 4.43. The summed E-state index contributed by atoms with van der Waals surface area (Å²) in [5, 5.41) is 0. The van der Waals surface area contributed by atoms with Crippen LogP contribution in [0.1, 0.15) is 32.5 Å². The molecular weight excluding hydrogens is 225 g/mol. The third-order valence-electron chi connectivity index (χ3n) is 1.93. The Bertz CT molecular complexity index is 384. The first-order valence-corrected chi connectivity index (χ1v) is 6.17. The van der Waals surface area contributed by atoms with Crippen molar-refractivity contribution in [2.75, 3.05) is 0 Å². The summed E-state index contributed by atoms with van der Waals surface area (Å²) < 4.78 is 28.4. The first-order valence-electron chi connectivity index (χ1n) is 5.06. The lowest BCUT2D eigenvalue weighted by molar-refractivity contribution is 0.447. The van der Waals surface area contributed by atoms with Crippen molar-refractivity contribution < 1.29 is 8.60 Å². The molecule has 1 aromatic rings. The van der Waals surface area contributed by atoms with Crippen LogP contribution in [-0.2, 0) is 11.0 Å². The topological polar surface area (TPSA) is 29.4 Å². The fraction of sp³-hybridized carbons (Fsp3) is 0.417. The van der Waals surface area contributed by atoms with Crippen LogP contribution in [0, 0.1) is 0 Å². The van der Waals surface area contributed by atoms with E-state index in [9.17, 15) is 8.60 Å². The van der Waals surface area contributed by atoms with Gasteiger partial charge in [-0.05, 0) is 26.3 Å². The minimum absolute atomic E-state index is 0.451. The van der Waals surface area contributed by atoms with Crippen LogP contribution >= 0.6 is 0 Å². The van der Waals surface area contributed by atoms with Crippen LogP contribution in [0.15, 0.2) is 34.7 Å². The summed E-state index contributed by atoms with van der Waals surface area (Å²) in [6.45, 7) is 5.41. The maximum atomic E-state index is 13.6. The van der Waals surface area contributed by atoms with Crippen LogP contribution < -0.4 is 0 Å². The maximum Gasteiger partial charge on any atom is 0.161 e. The summed E-state index contributed by atoms with van der Waals surface area (Å²) >= 11 is 0. The SMILES string of the molecule is CC(C)(C)S(=O)N=C[C@H](F)c1ccccc1. The van der Waals surface area contributed by atoms with Crippen molar-refractivity contribution in [1.29, 1.82) is 0 Å². The van der Waals surface area contributed by atoms with Crippen molar-refractivity contribution in [2.24, 2.45) is 4.40 Å². The maximum absolute atomic E-state index is 13.6. The van der Waals surface area contributed by atoms with E-state index in [2.05, 4.69) is 4.40 Å². The van der Waals surface area contributed by atoms with E-state index in [1.54, 1.807) is 45.0 Å². The Kier molecular flexibility index (Phi) is 4.35. The highest BCUT2D eigenvalue weighted by molar-refractivity contribution is 7.85. The van der Waals surface area contributed by atoms with Gasteiger partial charge in [-0.25, -0.2) is 8.60 Å². The summed E-state index contributed by atoms with van der Waals surface area (Å²) in [6, 6.07) is 8.70. The fourth-order valence-corrected chi connectivity index (χ4v) is 1.52. The number of hydrogen-bond acceptors (Lipinski definition) is 1. The van der Waals surface area contributed by atoms with Crippen LogP contribution in [-0.4, -0.2) is 15.2 Å². The quantitative estimate of drug-likeness (QED) is 0.747. The van der Waals surface area contributed by atoms with Crippen LogP contribution in [0.4, 0.5) is 4.39 Å². The molecule has 0 saturated carbocycles. The Balaban J connectivity index is 2.69. The van der Waals surface area contributed by atoms with Crippen molar-refractivity contribution in [2.45, 2.75) is 31.7 Å². The molecule has 16 heavy (non-hydrogen) atoms. The van der Waals surface area contributed by atoms with Crippen molar-refractivity contribution in [3.8, 4) is 0 Å². The molecular formula is C12H16FNOS. The van der Waals surface area contributed by atoms with E-state index in [1.165, 1.54) is 0 Å². The fourth-order valence-electron chi connectivity index (χ4n) is 0.990. The molecule has 0 aromatic heterocycles. The van der Waals surface area contributed by atoms with E-state index < -0.39 is 21.9 Å². The zero-order chi connectivity index (χ0) is 12.2. The average molecular weight is 241 g/mol. The second kappa shape index (κ2) is 5.34. The third kappa shape index (κ3) is 3.85. The van der Waals surface area contributed by atoms with Gasteiger partial charge in [0, 0.05) is 0 Å². The summed E-state index contributed by atoms with van der Waals surface area (Å²) in [5.74, 6) is 0. The first-order chi connectivity index (χ1) is 7.41. The molecule has 0 spiro atoms. The minimum Gasteiger partial charge on any atom is -0.236 e. The molecule has 1 aromatic carbocycles. The lowest BCUT2D eigenvalue weighted by atomic mass is 10.1. The van der Waals surface area contributed by atoms with Crippen LogP contribution in [0.3, 0.4) is 0 Å². The zero-order valence-electron chi connectivity index (χ0n) is 9.68. The number of nitrogens with zero attached hydrogens (tertiary/aromatic N) is 1. The van der Waals surface area contributed by atoms with Gasteiger partial charge in [-0.3, -0.25) is 0 Å². The molecule has 0 bridgehead atoms. The summed E-state index contributed by atoms with van der Waals surface area (Å²) in [6.07, 6.45) is -0.191.